The second kappa shape index (κ2) is 6.22. The van der Waals surface area contributed by atoms with Crippen molar-refractivity contribution >= 4 is 17.5 Å². The van der Waals surface area contributed by atoms with E-state index < -0.39 is 0 Å². The van der Waals surface area contributed by atoms with Gasteiger partial charge in [-0.15, -0.1) is 0 Å². The molecule has 0 saturated carbocycles. The summed E-state index contributed by atoms with van der Waals surface area (Å²) in [4.78, 5) is 28.0. The van der Waals surface area contributed by atoms with Gasteiger partial charge < -0.3 is 14.5 Å². The standard InChI is InChI=1S/C17H20N2O3/c1-2-16(20)18-9-7-13(8-10-18)17(21)19-11-12-22-15-6-4-3-5-14(15)19/h2-6,13H,1,7-12H2. The number of benzene rings is 1. The van der Waals surface area contributed by atoms with Crippen molar-refractivity contribution in [1.82, 2.24) is 4.90 Å². The number of rotatable bonds is 2. The fourth-order valence-electron chi connectivity index (χ4n) is 3.09. The molecule has 116 valence electrons. The lowest BCUT2D eigenvalue weighted by atomic mass is 9.94. The molecule has 2 aliphatic rings. The Morgan fingerprint density at radius 1 is 1.18 bits per heavy atom. The average Bonchev–Trinajstić information content (AvgIpc) is 2.60. The largest absolute Gasteiger partial charge is 0.490 e. The van der Waals surface area contributed by atoms with Crippen molar-refractivity contribution in [3.63, 3.8) is 0 Å². The summed E-state index contributed by atoms with van der Waals surface area (Å²) in [6.07, 6.45) is 2.75. The summed E-state index contributed by atoms with van der Waals surface area (Å²) in [7, 11) is 0. The number of hydrogen-bond donors (Lipinski definition) is 0. The van der Waals surface area contributed by atoms with Gasteiger partial charge in [-0.1, -0.05) is 18.7 Å². The van der Waals surface area contributed by atoms with Crippen molar-refractivity contribution in [2.45, 2.75) is 12.8 Å². The Balaban J connectivity index is 1.69. The van der Waals surface area contributed by atoms with Gasteiger partial charge in [-0.25, -0.2) is 0 Å². The number of amides is 2. The predicted octanol–water partition coefficient (Wildman–Crippen LogP) is 1.84. The molecule has 1 aromatic carbocycles. The minimum atomic E-state index is -0.0531. The monoisotopic (exact) mass is 300 g/mol. The number of nitrogens with zero attached hydrogens (tertiary/aromatic N) is 2. The maximum atomic E-state index is 12.8. The van der Waals surface area contributed by atoms with Crippen LogP contribution in [0.1, 0.15) is 12.8 Å². The molecular weight excluding hydrogens is 280 g/mol. The highest BCUT2D eigenvalue weighted by molar-refractivity contribution is 5.97. The number of carbonyl (C=O) groups excluding carboxylic acids is 2. The number of ether oxygens (including phenoxy) is 1. The zero-order chi connectivity index (χ0) is 15.5. The van der Waals surface area contributed by atoms with E-state index in [0.717, 1.165) is 11.4 Å². The fraction of sp³-hybridized carbons (Fsp3) is 0.412. The minimum Gasteiger partial charge on any atom is -0.490 e. The van der Waals surface area contributed by atoms with Crippen molar-refractivity contribution in [3.8, 4) is 5.75 Å². The zero-order valence-corrected chi connectivity index (χ0v) is 12.5. The zero-order valence-electron chi connectivity index (χ0n) is 12.5. The molecule has 0 unspecified atom stereocenters. The van der Waals surface area contributed by atoms with E-state index in [2.05, 4.69) is 6.58 Å². The number of hydrogen-bond acceptors (Lipinski definition) is 3. The lowest BCUT2D eigenvalue weighted by Gasteiger charge is -2.36. The maximum Gasteiger partial charge on any atom is 0.245 e. The van der Waals surface area contributed by atoms with Crippen LogP contribution in [0.2, 0.25) is 0 Å². The molecule has 1 fully saturated rings. The van der Waals surface area contributed by atoms with Gasteiger partial charge in [0, 0.05) is 19.0 Å². The molecule has 2 heterocycles. The third kappa shape index (κ3) is 2.71. The molecule has 5 heteroatoms. The summed E-state index contributed by atoms with van der Waals surface area (Å²) >= 11 is 0. The normalized spacial score (nSPS) is 18.4. The van der Waals surface area contributed by atoms with Gasteiger partial charge in [0.15, 0.2) is 0 Å². The van der Waals surface area contributed by atoms with E-state index in [4.69, 9.17) is 4.74 Å². The smallest absolute Gasteiger partial charge is 0.245 e. The molecule has 0 radical (unpaired) electrons. The Hall–Kier alpha value is -2.30. The highest BCUT2D eigenvalue weighted by atomic mass is 16.5. The van der Waals surface area contributed by atoms with E-state index in [1.54, 1.807) is 4.90 Å². The molecule has 2 aliphatic heterocycles. The lowest BCUT2D eigenvalue weighted by molar-refractivity contribution is -0.131. The molecule has 1 aromatic rings. The number of piperidine rings is 1. The summed E-state index contributed by atoms with van der Waals surface area (Å²) in [5, 5.41) is 0. The van der Waals surface area contributed by atoms with Crippen LogP contribution in [0.3, 0.4) is 0 Å². The van der Waals surface area contributed by atoms with E-state index in [1.165, 1.54) is 6.08 Å². The van der Waals surface area contributed by atoms with Crippen LogP contribution < -0.4 is 9.64 Å². The van der Waals surface area contributed by atoms with Crippen molar-refractivity contribution in [1.29, 1.82) is 0 Å². The Bertz CT molecular complexity index is 591. The fourth-order valence-corrected chi connectivity index (χ4v) is 3.09. The topological polar surface area (TPSA) is 49.9 Å². The third-order valence-corrected chi connectivity index (χ3v) is 4.33. The minimum absolute atomic E-state index is 0.0278. The van der Waals surface area contributed by atoms with Crippen LogP contribution in [0, 0.1) is 5.92 Å². The molecule has 0 atom stereocenters. The molecular formula is C17H20N2O3. The number of anilines is 1. The maximum absolute atomic E-state index is 12.8. The number of fused-ring (bicyclic) bond motifs is 1. The molecule has 0 aliphatic carbocycles. The Labute approximate surface area is 130 Å². The Morgan fingerprint density at radius 2 is 1.91 bits per heavy atom. The van der Waals surface area contributed by atoms with E-state index in [-0.39, 0.29) is 17.7 Å². The van der Waals surface area contributed by atoms with E-state index in [0.29, 0.717) is 39.1 Å². The quantitative estimate of drug-likeness (QED) is 0.783. The van der Waals surface area contributed by atoms with Crippen LogP contribution in [0.5, 0.6) is 5.75 Å². The molecule has 0 bridgehead atoms. The summed E-state index contributed by atoms with van der Waals surface area (Å²) in [5.41, 5.74) is 0.850. The SMILES string of the molecule is C=CC(=O)N1CCC(C(=O)N2CCOc3ccccc32)CC1. The van der Waals surface area contributed by atoms with E-state index >= 15 is 0 Å². The second-order valence-electron chi connectivity index (χ2n) is 5.61. The molecule has 3 rings (SSSR count). The van der Waals surface area contributed by atoms with Crippen LogP contribution >= 0.6 is 0 Å². The van der Waals surface area contributed by atoms with Crippen LogP contribution in [0.25, 0.3) is 0 Å². The first-order valence-electron chi connectivity index (χ1n) is 7.65. The first kappa shape index (κ1) is 14.6. The predicted molar refractivity (Wildman–Crippen MR) is 83.8 cm³/mol. The van der Waals surface area contributed by atoms with Crippen LogP contribution in [0.4, 0.5) is 5.69 Å². The first-order chi connectivity index (χ1) is 10.7. The van der Waals surface area contributed by atoms with Gasteiger partial charge in [0.25, 0.3) is 0 Å². The molecule has 0 aromatic heterocycles. The van der Waals surface area contributed by atoms with Crippen LogP contribution in [0.15, 0.2) is 36.9 Å². The summed E-state index contributed by atoms with van der Waals surface area (Å²) in [6.45, 7) is 5.85. The van der Waals surface area contributed by atoms with Crippen LogP contribution in [-0.4, -0.2) is 43.0 Å². The van der Waals surface area contributed by atoms with Crippen molar-refractivity contribution < 1.29 is 14.3 Å². The number of para-hydroxylation sites is 2. The molecule has 2 amide bonds. The Morgan fingerprint density at radius 3 is 2.64 bits per heavy atom. The van der Waals surface area contributed by atoms with Crippen molar-refractivity contribution in [2.24, 2.45) is 5.92 Å². The van der Waals surface area contributed by atoms with E-state index in [9.17, 15) is 9.59 Å². The molecule has 0 spiro atoms. The van der Waals surface area contributed by atoms with Gasteiger partial charge in [0.05, 0.1) is 12.2 Å². The number of carbonyl (C=O) groups is 2. The van der Waals surface area contributed by atoms with Gasteiger partial charge in [0.2, 0.25) is 11.8 Å². The summed E-state index contributed by atoms with van der Waals surface area (Å²) in [6, 6.07) is 7.63. The highest BCUT2D eigenvalue weighted by Crippen LogP contribution is 2.33. The van der Waals surface area contributed by atoms with Gasteiger partial charge >= 0.3 is 0 Å². The summed E-state index contributed by atoms with van der Waals surface area (Å²) in [5.74, 6) is 0.825. The Kier molecular flexibility index (Phi) is 4.13. The van der Waals surface area contributed by atoms with Crippen LogP contribution in [-0.2, 0) is 9.59 Å². The van der Waals surface area contributed by atoms with Gasteiger partial charge in [-0.3, -0.25) is 9.59 Å². The molecule has 1 saturated heterocycles. The molecule has 5 nitrogen and oxygen atoms in total. The number of likely N-dealkylation sites (tertiary alicyclic amines) is 1. The van der Waals surface area contributed by atoms with Crippen molar-refractivity contribution in [3.05, 3.63) is 36.9 Å². The third-order valence-electron chi connectivity index (χ3n) is 4.33. The van der Waals surface area contributed by atoms with Gasteiger partial charge in [0.1, 0.15) is 12.4 Å². The average molecular weight is 300 g/mol. The lowest BCUT2D eigenvalue weighted by Crippen LogP contribution is -2.46. The highest BCUT2D eigenvalue weighted by Gasteiger charge is 2.32. The van der Waals surface area contributed by atoms with E-state index in [1.807, 2.05) is 29.2 Å². The van der Waals surface area contributed by atoms with Gasteiger partial charge in [-0.05, 0) is 31.1 Å². The van der Waals surface area contributed by atoms with Crippen molar-refractivity contribution in [2.75, 3.05) is 31.1 Å². The summed E-state index contributed by atoms with van der Waals surface area (Å²) < 4.78 is 5.60. The van der Waals surface area contributed by atoms with Gasteiger partial charge in [-0.2, -0.15) is 0 Å². The molecule has 0 N–H and O–H groups in total. The second-order valence-corrected chi connectivity index (χ2v) is 5.61. The first-order valence-corrected chi connectivity index (χ1v) is 7.65. The molecule has 22 heavy (non-hydrogen) atoms.